The summed E-state index contributed by atoms with van der Waals surface area (Å²) < 4.78 is 11.3. The van der Waals surface area contributed by atoms with Crippen molar-refractivity contribution in [2.75, 3.05) is 6.61 Å². The Kier molecular flexibility index (Phi) is 16.4. The van der Waals surface area contributed by atoms with Gasteiger partial charge in [-0.1, -0.05) is 123 Å². The zero-order valence-corrected chi connectivity index (χ0v) is 22.5. The number of aryl methyl sites for hydroxylation is 1. The molecule has 34 heavy (non-hydrogen) atoms. The van der Waals surface area contributed by atoms with Gasteiger partial charge in [-0.2, -0.15) is 0 Å². The minimum atomic E-state index is -1.24. The van der Waals surface area contributed by atoms with Crippen LogP contribution in [0.5, 0.6) is 5.75 Å². The molecule has 4 heteroatoms. The van der Waals surface area contributed by atoms with Gasteiger partial charge in [0.25, 0.3) is 0 Å². The topological polar surface area (TPSA) is 52.6 Å². The van der Waals surface area contributed by atoms with Gasteiger partial charge in [0.15, 0.2) is 5.41 Å². The molecule has 0 fully saturated rings. The van der Waals surface area contributed by atoms with Gasteiger partial charge in [-0.3, -0.25) is 9.59 Å². The van der Waals surface area contributed by atoms with Crippen LogP contribution in [0.25, 0.3) is 0 Å². The fraction of sp³-hybridized carbons (Fsp3) is 0.733. The van der Waals surface area contributed by atoms with Crippen LogP contribution in [0.1, 0.15) is 130 Å². The average molecular weight is 475 g/mol. The lowest BCUT2D eigenvalue weighted by Crippen LogP contribution is -2.42. The van der Waals surface area contributed by atoms with Gasteiger partial charge >= 0.3 is 11.9 Å². The number of ether oxygens (including phenoxy) is 2. The highest BCUT2D eigenvalue weighted by Crippen LogP contribution is 2.32. The molecule has 0 unspecified atom stereocenters. The van der Waals surface area contributed by atoms with Crippen LogP contribution in [0.3, 0.4) is 0 Å². The lowest BCUT2D eigenvalue weighted by Gasteiger charge is -2.27. The quantitative estimate of drug-likeness (QED) is 0.0821. The van der Waals surface area contributed by atoms with Crippen LogP contribution in [0, 0.1) is 5.41 Å². The second-order valence-corrected chi connectivity index (χ2v) is 9.52. The molecule has 0 spiro atoms. The number of carbonyl (C=O) groups is 2. The summed E-state index contributed by atoms with van der Waals surface area (Å²) in [6, 6.07) is 7.49. The minimum Gasteiger partial charge on any atom is -0.465 e. The van der Waals surface area contributed by atoms with E-state index in [1.54, 1.807) is 6.07 Å². The maximum Gasteiger partial charge on any atom is 0.328 e. The number of rotatable bonds is 20. The maximum atomic E-state index is 13.0. The van der Waals surface area contributed by atoms with Crippen molar-refractivity contribution in [3.8, 4) is 5.75 Å². The van der Waals surface area contributed by atoms with Crippen LogP contribution in [0.4, 0.5) is 0 Å². The smallest absolute Gasteiger partial charge is 0.328 e. The van der Waals surface area contributed by atoms with Crippen LogP contribution in [0.2, 0.25) is 0 Å². The normalized spacial score (nSPS) is 11.4. The van der Waals surface area contributed by atoms with E-state index in [2.05, 4.69) is 6.92 Å². The maximum absolute atomic E-state index is 13.0. The van der Waals surface area contributed by atoms with Gasteiger partial charge < -0.3 is 9.47 Å². The number of unbranched alkanes of at least 4 members (excludes halogenated alkanes) is 12. The van der Waals surface area contributed by atoms with Gasteiger partial charge in [0, 0.05) is 0 Å². The molecule has 0 aromatic heterocycles. The lowest BCUT2D eigenvalue weighted by atomic mass is 9.82. The summed E-state index contributed by atoms with van der Waals surface area (Å²) in [5.41, 5.74) is -0.283. The highest BCUT2D eigenvalue weighted by Gasteiger charge is 2.46. The van der Waals surface area contributed by atoms with Crippen molar-refractivity contribution in [2.24, 2.45) is 5.41 Å². The van der Waals surface area contributed by atoms with Crippen molar-refractivity contribution in [3.63, 3.8) is 0 Å². The molecule has 0 saturated heterocycles. The summed E-state index contributed by atoms with van der Waals surface area (Å²) >= 11 is 0. The Morgan fingerprint density at radius 1 is 0.676 bits per heavy atom. The van der Waals surface area contributed by atoms with Crippen molar-refractivity contribution >= 4 is 11.9 Å². The number of esters is 2. The molecule has 0 amide bonds. The first kappa shape index (κ1) is 30.2. The predicted molar refractivity (Wildman–Crippen MR) is 141 cm³/mol. The second-order valence-electron chi connectivity index (χ2n) is 9.52. The molecule has 1 rings (SSSR count). The third kappa shape index (κ3) is 10.6. The second kappa shape index (κ2) is 18.5. The molecule has 0 aliphatic heterocycles. The molecule has 4 nitrogen and oxygen atoms in total. The number of benzene rings is 1. The van der Waals surface area contributed by atoms with Crippen LogP contribution in [-0.2, 0) is 20.7 Å². The summed E-state index contributed by atoms with van der Waals surface area (Å²) in [6.45, 7) is 8.35. The van der Waals surface area contributed by atoms with Crippen LogP contribution < -0.4 is 4.74 Å². The third-order valence-electron chi connectivity index (χ3n) is 7.03. The van der Waals surface area contributed by atoms with E-state index >= 15 is 0 Å². The fourth-order valence-electron chi connectivity index (χ4n) is 4.43. The van der Waals surface area contributed by atoms with E-state index in [1.807, 2.05) is 39.0 Å². The summed E-state index contributed by atoms with van der Waals surface area (Å²) in [5, 5.41) is 0. The summed E-state index contributed by atoms with van der Waals surface area (Å²) in [4.78, 5) is 25.9. The van der Waals surface area contributed by atoms with Gasteiger partial charge in [0.2, 0.25) is 0 Å². The average Bonchev–Trinajstić information content (AvgIpc) is 2.85. The van der Waals surface area contributed by atoms with Crippen molar-refractivity contribution in [1.82, 2.24) is 0 Å². The molecule has 0 bridgehead atoms. The van der Waals surface area contributed by atoms with Crippen LogP contribution in [-0.4, -0.2) is 18.5 Å². The molecule has 0 heterocycles. The summed E-state index contributed by atoms with van der Waals surface area (Å²) in [7, 11) is 0. The Labute approximate surface area is 209 Å². The Balaban J connectivity index is 2.27. The zero-order chi connectivity index (χ0) is 25.1. The van der Waals surface area contributed by atoms with Gasteiger partial charge in [-0.05, 0) is 37.3 Å². The molecular weight excluding hydrogens is 424 g/mol. The molecule has 0 aliphatic rings. The molecule has 0 N–H and O–H groups in total. The van der Waals surface area contributed by atoms with E-state index in [0.29, 0.717) is 25.2 Å². The summed E-state index contributed by atoms with van der Waals surface area (Å²) in [6.07, 6.45) is 18.1. The van der Waals surface area contributed by atoms with E-state index in [-0.39, 0.29) is 0 Å². The zero-order valence-electron chi connectivity index (χ0n) is 22.5. The highest BCUT2D eigenvalue weighted by molar-refractivity contribution is 6.00. The van der Waals surface area contributed by atoms with Crippen molar-refractivity contribution in [3.05, 3.63) is 29.8 Å². The van der Waals surface area contributed by atoms with E-state index in [0.717, 1.165) is 24.8 Å². The van der Waals surface area contributed by atoms with Gasteiger partial charge in [-0.25, -0.2) is 0 Å². The Bertz CT molecular complexity index is 678. The molecule has 0 saturated carbocycles. The van der Waals surface area contributed by atoms with E-state index in [1.165, 1.54) is 70.6 Å². The lowest BCUT2D eigenvalue weighted by molar-refractivity contribution is -0.168. The Morgan fingerprint density at radius 2 is 1.18 bits per heavy atom. The third-order valence-corrected chi connectivity index (χ3v) is 7.03. The van der Waals surface area contributed by atoms with Gasteiger partial charge in [-0.15, -0.1) is 0 Å². The van der Waals surface area contributed by atoms with Crippen molar-refractivity contribution in [2.45, 2.75) is 130 Å². The fourth-order valence-corrected chi connectivity index (χ4v) is 4.43. The first-order valence-corrected chi connectivity index (χ1v) is 14.0. The molecule has 0 radical (unpaired) electrons. The number of hydrogen-bond donors (Lipinski definition) is 0. The Morgan fingerprint density at radius 3 is 1.68 bits per heavy atom. The summed E-state index contributed by atoms with van der Waals surface area (Å²) in [5.74, 6) is -0.422. The monoisotopic (exact) mass is 474 g/mol. The van der Waals surface area contributed by atoms with E-state index in [4.69, 9.17) is 9.47 Å². The largest absolute Gasteiger partial charge is 0.465 e. The SMILES string of the molecule is CCCCCCCCCCCCCCCOC(=O)C(CC)(CC)C(=O)Oc1ccccc1CC. The number of hydrogen-bond acceptors (Lipinski definition) is 4. The van der Waals surface area contributed by atoms with E-state index < -0.39 is 17.4 Å². The first-order chi connectivity index (χ1) is 16.6. The van der Waals surface area contributed by atoms with Crippen LogP contribution in [0.15, 0.2) is 24.3 Å². The highest BCUT2D eigenvalue weighted by atomic mass is 16.6. The number of carbonyl (C=O) groups excluding carboxylic acids is 2. The van der Waals surface area contributed by atoms with Gasteiger partial charge in [0.1, 0.15) is 5.75 Å². The van der Waals surface area contributed by atoms with Crippen molar-refractivity contribution < 1.29 is 19.1 Å². The predicted octanol–water partition coefficient (Wildman–Crippen LogP) is 8.60. The molecule has 1 aromatic rings. The molecule has 0 aliphatic carbocycles. The van der Waals surface area contributed by atoms with Gasteiger partial charge in [0.05, 0.1) is 6.61 Å². The Hall–Kier alpha value is -1.84. The molecule has 0 atom stereocenters. The molecular formula is C30H50O4. The van der Waals surface area contributed by atoms with Crippen LogP contribution >= 0.6 is 0 Å². The van der Waals surface area contributed by atoms with Crippen molar-refractivity contribution in [1.29, 1.82) is 0 Å². The first-order valence-electron chi connectivity index (χ1n) is 14.0. The standard InChI is InChI=1S/C30H50O4/c1-5-9-10-11-12-13-14-15-16-17-18-19-22-25-33-28(31)30(7-3,8-4)29(32)34-27-24-21-20-23-26(27)6-2/h20-21,23-24H,5-19,22,25H2,1-4H3. The number of para-hydroxylation sites is 1. The molecule has 194 valence electrons. The minimum absolute atomic E-state index is 0.369. The van der Waals surface area contributed by atoms with E-state index in [9.17, 15) is 9.59 Å². The molecule has 1 aromatic carbocycles.